The summed E-state index contributed by atoms with van der Waals surface area (Å²) in [6.45, 7) is 2.02. The van der Waals surface area contributed by atoms with Gasteiger partial charge in [-0.3, -0.25) is 4.79 Å². The first kappa shape index (κ1) is 15.1. The average molecular weight is 333 g/mol. The van der Waals surface area contributed by atoms with Crippen LogP contribution in [-0.4, -0.2) is 22.7 Å². The first-order valence-corrected chi connectivity index (χ1v) is 7.80. The highest BCUT2D eigenvalue weighted by molar-refractivity contribution is 6.04. The van der Waals surface area contributed by atoms with Crippen LogP contribution in [0.25, 0.3) is 11.3 Å². The number of anilines is 1. The van der Waals surface area contributed by atoms with E-state index < -0.39 is 0 Å². The molecule has 6 nitrogen and oxygen atoms in total. The average Bonchev–Trinajstić information content (AvgIpc) is 3.09. The summed E-state index contributed by atoms with van der Waals surface area (Å²) >= 11 is 0. The van der Waals surface area contributed by atoms with Gasteiger partial charge in [0.1, 0.15) is 5.82 Å². The molecule has 0 bridgehead atoms. The van der Waals surface area contributed by atoms with Crippen molar-refractivity contribution in [2.45, 2.75) is 6.92 Å². The summed E-state index contributed by atoms with van der Waals surface area (Å²) in [6.07, 6.45) is 1.72. The monoisotopic (exact) mass is 333 g/mol. The molecule has 2 aromatic carbocycles. The maximum atomic E-state index is 12.5. The van der Waals surface area contributed by atoms with E-state index in [1.165, 1.54) is 0 Å². The topological polar surface area (TPSA) is 73.3 Å². The highest BCUT2D eigenvalue weighted by Gasteiger charge is 2.16. The molecule has 1 N–H and O–H groups in total. The predicted octanol–water partition coefficient (Wildman–Crippen LogP) is 3.43. The van der Waals surface area contributed by atoms with Crippen LogP contribution < -0.4 is 14.8 Å². The summed E-state index contributed by atoms with van der Waals surface area (Å²) in [5.74, 6) is 1.72. The fourth-order valence-electron chi connectivity index (χ4n) is 2.61. The molecule has 3 aromatic rings. The summed E-state index contributed by atoms with van der Waals surface area (Å²) in [5.41, 5.74) is 2.92. The standard InChI is InChI=1S/C19H15N3O3/c1-12-20-8-7-16(21-12)13-3-2-4-15(9-13)22-19(23)14-5-6-17-18(10-14)25-11-24-17/h2-10H,11H2,1H3,(H,22,23). The lowest BCUT2D eigenvalue weighted by atomic mass is 10.1. The molecule has 25 heavy (non-hydrogen) atoms. The fraction of sp³-hybridized carbons (Fsp3) is 0.105. The van der Waals surface area contributed by atoms with E-state index in [2.05, 4.69) is 15.3 Å². The third-order valence-corrected chi connectivity index (χ3v) is 3.83. The lowest BCUT2D eigenvalue weighted by Crippen LogP contribution is -2.11. The molecule has 1 aromatic heterocycles. The second kappa shape index (κ2) is 6.24. The Balaban J connectivity index is 1.56. The first-order valence-electron chi connectivity index (χ1n) is 7.80. The SMILES string of the molecule is Cc1nccc(-c2cccc(NC(=O)c3ccc4c(c3)OCO4)c2)n1. The number of amides is 1. The second-order valence-corrected chi connectivity index (χ2v) is 5.59. The minimum Gasteiger partial charge on any atom is -0.454 e. The van der Waals surface area contributed by atoms with Crippen LogP contribution >= 0.6 is 0 Å². The molecule has 1 aliphatic rings. The molecule has 1 aliphatic heterocycles. The van der Waals surface area contributed by atoms with E-state index in [1.54, 1.807) is 24.4 Å². The minimum absolute atomic E-state index is 0.181. The van der Waals surface area contributed by atoms with Crippen LogP contribution in [0.2, 0.25) is 0 Å². The number of nitrogens with one attached hydrogen (secondary N) is 1. The largest absolute Gasteiger partial charge is 0.454 e. The van der Waals surface area contributed by atoms with Crippen molar-refractivity contribution in [3.8, 4) is 22.8 Å². The second-order valence-electron chi connectivity index (χ2n) is 5.59. The fourth-order valence-corrected chi connectivity index (χ4v) is 2.61. The molecule has 2 heterocycles. The zero-order valence-electron chi connectivity index (χ0n) is 13.5. The summed E-state index contributed by atoms with van der Waals surface area (Å²) in [6, 6.07) is 14.5. The molecule has 0 radical (unpaired) electrons. The molecular weight excluding hydrogens is 318 g/mol. The highest BCUT2D eigenvalue weighted by Crippen LogP contribution is 2.32. The number of nitrogens with zero attached hydrogens (tertiary/aromatic N) is 2. The number of hydrogen-bond donors (Lipinski definition) is 1. The van der Waals surface area contributed by atoms with Gasteiger partial charge in [0, 0.05) is 23.0 Å². The number of rotatable bonds is 3. The van der Waals surface area contributed by atoms with Crippen molar-refractivity contribution in [2.75, 3.05) is 12.1 Å². The number of aromatic nitrogens is 2. The molecule has 0 saturated carbocycles. The molecule has 0 atom stereocenters. The van der Waals surface area contributed by atoms with E-state index in [4.69, 9.17) is 9.47 Å². The van der Waals surface area contributed by atoms with Gasteiger partial charge in [-0.15, -0.1) is 0 Å². The molecule has 0 fully saturated rings. The summed E-state index contributed by atoms with van der Waals surface area (Å²) in [4.78, 5) is 21.0. The van der Waals surface area contributed by atoms with Crippen LogP contribution in [0.1, 0.15) is 16.2 Å². The number of ether oxygens (including phenoxy) is 2. The Hall–Kier alpha value is -3.41. The molecule has 0 saturated heterocycles. The molecular formula is C19H15N3O3. The van der Waals surface area contributed by atoms with Crippen LogP contribution in [0.4, 0.5) is 5.69 Å². The Morgan fingerprint density at radius 2 is 1.96 bits per heavy atom. The highest BCUT2D eigenvalue weighted by atomic mass is 16.7. The van der Waals surface area contributed by atoms with Crippen molar-refractivity contribution in [2.24, 2.45) is 0 Å². The Bertz CT molecular complexity index is 956. The number of fused-ring (bicyclic) bond motifs is 1. The smallest absolute Gasteiger partial charge is 0.255 e. The van der Waals surface area contributed by atoms with Crippen molar-refractivity contribution in [3.05, 3.63) is 66.1 Å². The van der Waals surface area contributed by atoms with Crippen LogP contribution in [0.15, 0.2) is 54.7 Å². The minimum atomic E-state index is -0.214. The maximum absolute atomic E-state index is 12.5. The van der Waals surface area contributed by atoms with Gasteiger partial charge in [0.15, 0.2) is 11.5 Å². The first-order chi connectivity index (χ1) is 12.2. The van der Waals surface area contributed by atoms with E-state index >= 15 is 0 Å². The molecule has 0 aliphatic carbocycles. The Kier molecular flexibility index (Phi) is 3.78. The van der Waals surface area contributed by atoms with Crippen LogP contribution in [0.5, 0.6) is 11.5 Å². The van der Waals surface area contributed by atoms with Crippen LogP contribution in [0.3, 0.4) is 0 Å². The zero-order valence-corrected chi connectivity index (χ0v) is 13.5. The lowest BCUT2D eigenvalue weighted by molar-refractivity contribution is 0.102. The van der Waals surface area contributed by atoms with Crippen LogP contribution in [-0.2, 0) is 0 Å². The molecule has 124 valence electrons. The molecule has 0 spiro atoms. The van der Waals surface area contributed by atoms with Gasteiger partial charge in [0.25, 0.3) is 5.91 Å². The molecule has 4 rings (SSSR count). The number of aryl methyl sites for hydroxylation is 1. The number of carbonyl (C=O) groups excluding carboxylic acids is 1. The summed E-state index contributed by atoms with van der Waals surface area (Å²) in [5, 5.41) is 2.90. The third kappa shape index (κ3) is 3.14. The number of benzene rings is 2. The van der Waals surface area contributed by atoms with Gasteiger partial charge >= 0.3 is 0 Å². The van der Waals surface area contributed by atoms with E-state index in [0.29, 0.717) is 28.6 Å². The van der Waals surface area contributed by atoms with Crippen molar-refractivity contribution < 1.29 is 14.3 Å². The van der Waals surface area contributed by atoms with Gasteiger partial charge < -0.3 is 14.8 Å². The van der Waals surface area contributed by atoms with E-state index in [0.717, 1.165) is 11.3 Å². The van der Waals surface area contributed by atoms with Gasteiger partial charge in [-0.2, -0.15) is 0 Å². The summed E-state index contributed by atoms with van der Waals surface area (Å²) in [7, 11) is 0. The number of carbonyl (C=O) groups is 1. The zero-order chi connectivity index (χ0) is 17.2. The molecule has 6 heteroatoms. The van der Waals surface area contributed by atoms with Gasteiger partial charge in [-0.25, -0.2) is 9.97 Å². The molecule has 0 unspecified atom stereocenters. The van der Waals surface area contributed by atoms with Crippen LogP contribution in [0, 0.1) is 6.92 Å². The Morgan fingerprint density at radius 3 is 2.84 bits per heavy atom. The van der Waals surface area contributed by atoms with E-state index in [-0.39, 0.29) is 12.7 Å². The number of hydrogen-bond acceptors (Lipinski definition) is 5. The van der Waals surface area contributed by atoms with Gasteiger partial charge in [0.2, 0.25) is 6.79 Å². The summed E-state index contributed by atoms with van der Waals surface area (Å²) < 4.78 is 10.6. The maximum Gasteiger partial charge on any atom is 0.255 e. The third-order valence-electron chi connectivity index (χ3n) is 3.83. The van der Waals surface area contributed by atoms with Crippen molar-refractivity contribution in [3.63, 3.8) is 0 Å². The quantitative estimate of drug-likeness (QED) is 0.795. The van der Waals surface area contributed by atoms with Crippen molar-refractivity contribution in [1.82, 2.24) is 9.97 Å². The normalized spacial score (nSPS) is 12.0. The van der Waals surface area contributed by atoms with Crippen molar-refractivity contribution in [1.29, 1.82) is 0 Å². The Morgan fingerprint density at radius 1 is 1.08 bits per heavy atom. The molecule has 1 amide bonds. The van der Waals surface area contributed by atoms with E-state index in [1.807, 2.05) is 37.3 Å². The Labute approximate surface area is 144 Å². The van der Waals surface area contributed by atoms with Crippen molar-refractivity contribution >= 4 is 11.6 Å². The van der Waals surface area contributed by atoms with Gasteiger partial charge in [0.05, 0.1) is 5.69 Å². The predicted molar refractivity (Wildman–Crippen MR) is 92.7 cm³/mol. The van der Waals surface area contributed by atoms with E-state index in [9.17, 15) is 4.79 Å². The van der Waals surface area contributed by atoms with Gasteiger partial charge in [-0.1, -0.05) is 12.1 Å². The lowest BCUT2D eigenvalue weighted by Gasteiger charge is -2.08. The van der Waals surface area contributed by atoms with Gasteiger partial charge in [-0.05, 0) is 43.3 Å².